The topological polar surface area (TPSA) is 57.9 Å². The third-order valence-corrected chi connectivity index (χ3v) is 8.48. The Balaban J connectivity index is 1.55. The molecule has 2 heterocycles. The van der Waals surface area contributed by atoms with Gasteiger partial charge in [-0.25, -0.2) is 0 Å². The number of aliphatic hydroxyl groups excluding tert-OH is 1. The van der Waals surface area contributed by atoms with Gasteiger partial charge < -0.3 is 19.3 Å². The predicted molar refractivity (Wildman–Crippen MR) is 161 cm³/mol. The Hall–Kier alpha value is -3.66. The number of fused-ring (bicyclic) bond motifs is 5. The number of ether oxygens (including phenoxy) is 1. The third-order valence-electron chi connectivity index (χ3n) is 8.48. The monoisotopic (exact) mass is 593 g/mol. The van der Waals surface area contributed by atoms with Crippen molar-refractivity contribution in [2.75, 3.05) is 26.7 Å². The van der Waals surface area contributed by atoms with Crippen molar-refractivity contribution < 1.29 is 27.8 Å². The number of hydrogen-bond acceptors (Lipinski definition) is 4. The molecule has 0 saturated carbocycles. The van der Waals surface area contributed by atoms with E-state index in [4.69, 9.17) is 4.74 Å². The lowest BCUT2D eigenvalue weighted by molar-refractivity contribution is -0.138. The Morgan fingerprint density at radius 3 is 2.47 bits per heavy atom. The maximum atomic E-state index is 14.5. The number of alkyl halides is 3. The first-order valence-corrected chi connectivity index (χ1v) is 14.5. The number of carbonyl (C=O) groups is 1. The van der Waals surface area contributed by atoms with E-state index in [9.17, 15) is 23.1 Å². The standard InChI is InChI=1S/C34H38F3N3O3/c1-22-17-40(23(2)20-41)33(42)32-31(27-14-8-10-16-29(27)39(32)4)26-13-7-5-12-25(26)21-43-30(22)19-38(3)18-24-11-6-9-15-28(24)34(35,36)37/h5-16,22-23,30,41H,17-21H2,1-4H3/t22-,23-,30-/m1/s1. The fourth-order valence-corrected chi connectivity index (χ4v) is 6.12. The Kier molecular flexibility index (Phi) is 8.96. The largest absolute Gasteiger partial charge is 0.416 e. The molecule has 0 radical (unpaired) electrons. The molecular formula is C34H38F3N3O3. The summed E-state index contributed by atoms with van der Waals surface area (Å²) in [6.07, 6.45) is -4.85. The van der Waals surface area contributed by atoms with Crippen molar-refractivity contribution in [1.82, 2.24) is 14.4 Å². The first-order valence-electron chi connectivity index (χ1n) is 14.5. The SMILES string of the molecule is C[C@@H]1CN([C@H](C)CO)C(=O)c2c(c3ccccc3n2C)-c2ccccc2CO[C@@H]1CN(C)Cc1ccccc1C(F)(F)F. The van der Waals surface area contributed by atoms with E-state index < -0.39 is 23.9 Å². The van der Waals surface area contributed by atoms with Gasteiger partial charge in [-0.1, -0.05) is 67.6 Å². The number of nitrogens with zero attached hydrogens (tertiary/aromatic N) is 3. The summed E-state index contributed by atoms with van der Waals surface area (Å²) in [7, 11) is 3.67. The lowest BCUT2D eigenvalue weighted by Crippen LogP contribution is -2.47. The van der Waals surface area contributed by atoms with Crippen molar-refractivity contribution in [2.24, 2.45) is 13.0 Å². The molecule has 228 valence electrons. The number of aryl methyl sites for hydroxylation is 1. The van der Waals surface area contributed by atoms with Crippen LogP contribution in [0.2, 0.25) is 0 Å². The number of halogens is 3. The van der Waals surface area contributed by atoms with Gasteiger partial charge in [0.15, 0.2) is 0 Å². The van der Waals surface area contributed by atoms with Gasteiger partial charge in [-0.2, -0.15) is 13.2 Å². The molecule has 3 atom stereocenters. The predicted octanol–water partition coefficient (Wildman–Crippen LogP) is 6.35. The number of amides is 1. The van der Waals surface area contributed by atoms with Crippen LogP contribution in [0.1, 0.15) is 41.0 Å². The molecule has 1 N–H and O–H groups in total. The summed E-state index contributed by atoms with van der Waals surface area (Å²) < 4.78 is 49.5. The van der Waals surface area contributed by atoms with E-state index in [2.05, 4.69) is 0 Å². The Morgan fingerprint density at radius 1 is 1.05 bits per heavy atom. The lowest BCUT2D eigenvalue weighted by atomic mass is 9.96. The van der Waals surface area contributed by atoms with Crippen molar-refractivity contribution in [3.63, 3.8) is 0 Å². The maximum Gasteiger partial charge on any atom is 0.416 e. The first-order chi connectivity index (χ1) is 20.5. The zero-order valence-corrected chi connectivity index (χ0v) is 24.9. The Labute approximate surface area is 250 Å². The van der Waals surface area contributed by atoms with Crippen LogP contribution in [0.5, 0.6) is 0 Å². The van der Waals surface area contributed by atoms with Crippen LogP contribution in [-0.2, 0) is 31.1 Å². The average Bonchev–Trinajstić information content (AvgIpc) is 3.28. The summed E-state index contributed by atoms with van der Waals surface area (Å²) in [5.74, 6) is -0.383. The fraction of sp³-hybridized carbons (Fsp3) is 0.382. The molecule has 0 fully saturated rings. The van der Waals surface area contributed by atoms with Crippen LogP contribution >= 0.6 is 0 Å². The van der Waals surface area contributed by atoms with E-state index in [1.165, 1.54) is 12.1 Å². The molecule has 6 nitrogen and oxygen atoms in total. The normalized spacial score (nSPS) is 18.8. The molecule has 1 aliphatic heterocycles. The quantitative estimate of drug-likeness (QED) is 0.283. The Bertz CT molecular complexity index is 1600. The molecule has 1 amide bonds. The highest BCUT2D eigenvalue weighted by Gasteiger charge is 2.35. The second-order valence-corrected chi connectivity index (χ2v) is 11.6. The second-order valence-electron chi connectivity index (χ2n) is 11.6. The second kappa shape index (κ2) is 12.5. The molecule has 1 aromatic heterocycles. The summed E-state index contributed by atoms with van der Waals surface area (Å²) >= 11 is 0. The summed E-state index contributed by atoms with van der Waals surface area (Å²) in [6, 6.07) is 20.9. The molecule has 3 aromatic carbocycles. The number of hydrogen-bond donors (Lipinski definition) is 1. The molecule has 0 spiro atoms. The van der Waals surface area contributed by atoms with Gasteiger partial charge in [0.25, 0.3) is 5.91 Å². The molecule has 0 saturated heterocycles. The highest BCUT2D eigenvalue weighted by atomic mass is 19.4. The van der Waals surface area contributed by atoms with Gasteiger partial charge >= 0.3 is 6.18 Å². The Morgan fingerprint density at radius 2 is 1.72 bits per heavy atom. The maximum absolute atomic E-state index is 14.5. The average molecular weight is 594 g/mol. The number of likely N-dealkylation sites (N-methyl/N-ethyl adjacent to an activating group) is 1. The molecule has 5 rings (SSSR count). The van der Waals surface area contributed by atoms with Crippen LogP contribution in [0.3, 0.4) is 0 Å². The minimum absolute atomic E-state index is 0.0893. The van der Waals surface area contributed by atoms with Gasteiger partial charge in [-0.05, 0) is 42.8 Å². The molecule has 43 heavy (non-hydrogen) atoms. The molecule has 9 heteroatoms. The van der Waals surface area contributed by atoms with E-state index >= 15 is 0 Å². The van der Waals surface area contributed by atoms with Crippen LogP contribution in [-0.4, -0.2) is 64.3 Å². The number of aliphatic hydroxyl groups is 1. The van der Waals surface area contributed by atoms with Crippen molar-refractivity contribution in [3.05, 3.63) is 95.2 Å². The zero-order valence-electron chi connectivity index (χ0n) is 24.9. The number of para-hydroxylation sites is 1. The van der Waals surface area contributed by atoms with Crippen LogP contribution in [0, 0.1) is 5.92 Å². The number of aromatic nitrogens is 1. The van der Waals surface area contributed by atoms with E-state index in [0.29, 0.717) is 18.8 Å². The van der Waals surface area contributed by atoms with Gasteiger partial charge in [-0.3, -0.25) is 9.69 Å². The minimum atomic E-state index is -4.44. The summed E-state index contributed by atoms with van der Waals surface area (Å²) in [5.41, 5.74) is 3.64. The highest BCUT2D eigenvalue weighted by molar-refractivity contribution is 6.10. The van der Waals surface area contributed by atoms with Crippen LogP contribution < -0.4 is 0 Å². The molecule has 0 bridgehead atoms. The van der Waals surface area contributed by atoms with Gasteiger partial charge in [0.2, 0.25) is 0 Å². The van der Waals surface area contributed by atoms with E-state index in [0.717, 1.165) is 33.7 Å². The van der Waals surface area contributed by atoms with Crippen molar-refractivity contribution in [3.8, 4) is 11.1 Å². The van der Waals surface area contributed by atoms with Crippen molar-refractivity contribution in [2.45, 2.75) is 45.3 Å². The van der Waals surface area contributed by atoms with Gasteiger partial charge in [0, 0.05) is 49.1 Å². The molecule has 1 aliphatic rings. The number of benzene rings is 3. The summed E-state index contributed by atoms with van der Waals surface area (Å²) in [4.78, 5) is 18.0. The molecular weight excluding hydrogens is 555 g/mol. The zero-order chi connectivity index (χ0) is 30.9. The van der Waals surface area contributed by atoms with Crippen molar-refractivity contribution >= 4 is 16.8 Å². The summed E-state index contributed by atoms with van der Waals surface area (Å²) in [6.45, 7) is 4.59. The van der Waals surface area contributed by atoms with E-state index in [1.54, 1.807) is 18.0 Å². The van der Waals surface area contributed by atoms with Crippen molar-refractivity contribution in [1.29, 1.82) is 0 Å². The van der Waals surface area contributed by atoms with Gasteiger partial charge in [-0.15, -0.1) is 0 Å². The van der Waals surface area contributed by atoms with Gasteiger partial charge in [0.1, 0.15) is 5.69 Å². The van der Waals surface area contributed by atoms with Crippen LogP contribution in [0.25, 0.3) is 22.0 Å². The van der Waals surface area contributed by atoms with Gasteiger partial charge in [0.05, 0.1) is 30.9 Å². The fourth-order valence-electron chi connectivity index (χ4n) is 6.12. The number of carbonyl (C=O) groups excluding carboxylic acids is 1. The summed E-state index contributed by atoms with van der Waals surface area (Å²) in [5, 5.41) is 11.1. The van der Waals surface area contributed by atoms with E-state index in [1.807, 2.05) is 78.9 Å². The molecule has 0 aliphatic carbocycles. The third kappa shape index (κ3) is 6.20. The minimum Gasteiger partial charge on any atom is -0.394 e. The molecule has 4 aromatic rings. The first kappa shape index (κ1) is 30.8. The number of rotatable bonds is 6. The van der Waals surface area contributed by atoms with Crippen LogP contribution in [0.4, 0.5) is 13.2 Å². The smallest absolute Gasteiger partial charge is 0.394 e. The van der Waals surface area contributed by atoms with Crippen LogP contribution in [0.15, 0.2) is 72.8 Å². The highest BCUT2D eigenvalue weighted by Crippen LogP contribution is 2.38. The van der Waals surface area contributed by atoms with E-state index in [-0.39, 0.29) is 37.1 Å². The lowest BCUT2D eigenvalue weighted by Gasteiger charge is -2.35. The molecule has 0 unspecified atom stereocenters.